The zero-order chi connectivity index (χ0) is 23.4. The van der Waals surface area contributed by atoms with Gasteiger partial charge in [0.25, 0.3) is 5.91 Å². The first-order chi connectivity index (χ1) is 15.9. The van der Waals surface area contributed by atoms with Crippen molar-refractivity contribution in [1.82, 2.24) is 25.7 Å². The van der Waals surface area contributed by atoms with Gasteiger partial charge in [-0.25, -0.2) is 9.78 Å². The van der Waals surface area contributed by atoms with Crippen molar-refractivity contribution in [3.05, 3.63) is 83.2 Å². The Balaban J connectivity index is 1.38. The molecule has 2 heterocycles. The summed E-state index contributed by atoms with van der Waals surface area (Å²) < 4.78 is 0. The molecule has 33 heavy (non-hydrogen) atoms. The van der Waals surface area contributed by atoms with Crippen LogP contribution in [0.3, 0.4) is 0 Å². The lowest BCUT2D eigenvalue weighted by atomic mass is 9.87. The summed E-state index contributed by atoms with van der Waals surface area (Å²) >= 11 is 1.21. The third kappa shape index (κ3) is 4.63. The van der Waals surface area contributed by atoms with E-state index in [9.17, 15) is 14.4 Å². The van der Waals surface area contributed by atoms with Gasteiger partial charge in [0, 0.05) is 12.1 Å². The van der Waals surface area contributed by atoms with E-state index in [1.807, 2.05) is 62.4 Å². The Morgan fingerprint density at radius 3 is 2.42 bits per heavy atom. The predicted octanol–water partition coefficient (Wildman–Crippen LogP) is 3.29. The molecule has 8 nitrogen and oxygen atoms in total. The van der Waals surface area contributed by atoms with E-state index in [0.29, 0.717) is 23.6 Å². The number of hydrazine groups is 1. The van der Waals surface area contributed by atoms with Crippen LogP contribution in [0.15, 0.2) is 65.8 Å². The Morgan fingerprint density at radius 1 is 1.09 bits per heavy atom. The van der Waals surface area contributed by atoms with Gasteiger partial charge < -0.3 is 10.3 Å². The maximum atomic E-state index is 13.1. The molecule has 0 bridgehead atoms. The van der Waals surface area contributed by atoms with Gasteiger partial charge in [0.2, 0.25) is 5.91 Å². The van der Waals surface area contributed by atoms with E-state index in [1.165, 1.54) is 11.8 Å². The molecule has 0 spiro atoms. The van der Waals surface area contributed by atoms with E-state index >= 15 is 0 Å². The Morgan fingerprint density at radius 2 is 1.76 bits per heavy atom. The number of urea groups is 1. The van der Waals surface area contributed by atoms with Crippen LogP contribution in [0.2, 0.25) is 0 Å². The van der Waals surface area contributed by atoms with Crippen LogP contribution in [0.4, 0.5) is 4.79 Å². The van der Waals surface area contributed by atoms with Crippen LogP contribution in [-0.2, 0) is 21.5 Å². The lowest BCUT2D eigenvalue weighted by Crippen LogP contribution is -2.49. The molecule has 0 aliphatic carbocycles. The number of hydrogen-bond acceptors (Lipinski definition) is 5. The van der Waals surface area contributed by atoms with Crippen LogP contribution in [0, 0.1) is 6.92 Å². The summed E-state index contributed by atoms with van der Waals surface area (Å²) in [6, 6.07) is 18.4. The SMILES string of the molecule is CCC1(c2ccccc2)NC(=O)N(NC(=O)CSc2nc(Cc3ccccc3)c(C)[nH]2)C1=O. The molecule has 4 rings (SSSR count). The summed E-state index contributed by atoms with van der Waals surface area (Å²) in [5.41, 5.74) is 4.92. The second-order valence-corrected chi connectivity index (χ2v) is 8.76. The van der Waals surface area contributed by atoms with Gasteiger partial charge in [-0.1, -0.05) is 79.3 Å². The monoisotopic (exact) mass is 463 g/mol. The van der Waals surface area contributed by atoms with E-state index in [4.69, 9.17) is 0 Å². The number of aromatic amines is 1. The number of amides is 4. The molecule has 1 saturated heterocycles. The Kier molecular flexibility index (Phi) is 6.50. The number of imidazole rings is 1. The van der Waals surface area contributed by atoms with Gasteiger partial charge in [-0.2, -0.15) is 5.01 Å². The maximum Gasteiger partial charge on any atom is 0.344 e. The smallest absolute Gasteiger partial charge is 0.337 e. The van der Waals surface area contributed by atoms with Crippen molar-refractivity contribution in [2.24, 2.45) is 0 Å². The van der Waals surface area contributed by atoms with Gasteiger partial charge in [-0.15, -0.1) is 0 Å². The standard InChI is InChI=1S/C24H25N5O3S/c1-3-24(18-12-8-5-9-13-18)21(31)29(23(32)27-24)28-20(30)15-33-22-25-16(2)19(26-22)14-17-10-6-4-7-11-17/h4-13H,3,14-15H2,1-2H3,(H,25,26)(H,27,32)(H,28,30). The quantitative estimate of drug-likeness (QED) is 0.351. The first-order valence-electron chi connectivity index (χ1n) is 10.7. The normalized spacial score (nSPS) is 17.8. The summed E-state index contributed by atoms with van der Waals surface area (Å²) in [4.78, 5) is 45.9. The van der Waals surface area contributed by atoms with E-state index in [0.717, 1.165) is 22.0 Å². The van der Waals surface area contributed by atoms with Crippen molar-refractivity contribution in [2.45, 2.75) is 37.4 Å². The molecule has 3 N–H and O–H groups in total. The van der Waals surface area contributed by atoms with Crippen molar-refractivity contribution < 1.29 is 14.4 Å². The number of nitrogens with one attached hydrogen (secondary N) is 3. The summed E-state index contributed by atoms with van der Waals surface area (Å²) in [5.74, 6) is -0.972. The molecule has 1 aliphatic rings. The number of aryl methyl sites for hydroxylation is 1. The fourth-order valence-electron chi connectivity index (χ4n) is 3.83. The number of hydrogen-bond donors (Lipinski definition) is 3. The molecular weight excluding hydrogens is 438 g/mol. The number of benzene rings is 2. The number of nitrogens with zero attached hydrogens (tertiary/aromatic N) is 2. The average molecular weight is 464 g/mol. The third-order valence-corrected chi connectivity index (χ3v) is 6.52. The second-order valence-electron chi connectivity index (χ2n) is 7.80. The number of H-pyrrole nitrogens is 1. The lowest BCUT2D eigenvalue weighted by Gasteiger charge is -2.25. The molecule has 1 aromatic heterocycles. The summed E-state index contributed by atoms with van der Waals surface area (Å²) in [6.45, 7) is 3.76. The molecule has 1 atom stereocenters. The van der Waals surface area contributed by atoms with E-state index < -0.39 is 23.4 Å². The van der Waals surface area contributed by atoms with E-state index in [-0.39, 0.29) is 5.75 Å². The Bertz CT molecular complexity index is 1170. The second kappa shape index (κ2) is 9.50. The highest BCUT2D eigenvalue weighted by atomic mass is 32.2. The fraction of sp³-hybridized carbons (Fsp3) is 0.250. The zero-order valence-electron chi connectivity index (χ0n) is 18.4. The minimum absolute atomic E-state index is 0.000742. The minimum Gasteiger partial charge on any atom is -0.337 e. The fourth-order valence-corrected chi connectivity index (χ4v) is 4.56. The molecule has 0 radical (unpaired) electrons. The molecule has 3 aromatic rings. The van der Waals surface area contributed by atoms with Crippen LogP contribution in [-0.4, -0.2) is 38.6 Å². The number of rotatable bonds is 8. The van der Waals surface area contributed by atoms with Crippen molar-refractivity contribution in [2.75, 3.05) is 5.75 Å². The van der Waals surface area contributed by atoms with Gasteiger partial charge in [-0.3, -0.25) is 15.0 Å². The first-order valence-corrected chi connectivity index (χ1v) is 11.7. The Hall–Kier alpha value is -3.59. The molecular formula is C24H25N5O3S. The van der Waals surface area contributed by atoms with Gasteiger partial charge in [0.15, 0.2) is 5.16 Å². The average Bonchev–Trinajstić information content (AvgIpc) is 3.30. The van der Waals surface area contributed by atoms with Crippen LogP contribution in [0.25, 0.3) is 0 Å². The number of carbonyl (C=O) groups is 3. The molecule has 1 unspecified atom stereocenters. The highest BCUT2D eigenvalue weighted by Gasteiger charge is 2.52. The topological polar surface area (TPSA) is 107 Å². The minimum atomic E-state index is -1.19. The van der Waals surface area contributed by atoms with Crippen molar-refractivity contribution >= 4 is 29.6 Å². The Labute approximate surface area is 196 Å². The van der Waals surface area contributed by atoms with Crippen molar-refractivity contribution in [3.63, 3.8) is 0 Å². The summed E-state index contributed by atoms with van der Waals surface area (Å²) in [7, 11) is 0. The molecule has 4 amide bonds. The van der Waals surface area contributed by atoms with Crippen LogP contribution in [0.5, 0.6) is 0 Å². The van der Waals surface area contributed by atoms with E-state index in [2.05, 4.69) is 20.7 Å². The molecule has 170 valence electrons. The molecule has 1 aliphatic heterocycles. The van der Waals surface area contributed by atoms with Gasteiger partial charge in [-0.05, 0) is 24.5 Å². The third-order valence-electron chi connectivity index (χ3n) is 5.64. The molecule has 0 saturated carbocycles. The van der Waals surface area contributed by atoms with Crippen molar-refractivity contribution in [1.29, 1.82) is 0 Å². The molecule has 1 fully saturated rings. The van der Waals surface area contributed by atoms with Gasteiger partial charge in [0.1, 0.15) is 5.54 Å². The van der Waals surface area contributed by atoms with Crippen LogP contribution >= 0.6 is 11.8 Å². The molecule has 9 heteroatoms. The molecule has 2 aromatic carbocycles. The van der Waals surface area contributed by atoms with Gasteiger partial charge >= 0.3 is 6.03 Å². The maximum absolute atomic E-state index is 13.1. The largest absolute Gasteiger partial charge is 0.344 e. The van der Waals surface area contributed by atoms with Crippen LogP contribution in [0.1, 0.15) is 35.9 Å². The number of imide groups is 1. The van der Waals surface area contributed by atoms with E-state index in [1.54, 1.807) is 12.1 Å². The highest BCUT2D eigenvalue weighted by molar-refractivity contribution is 7.99. The number of aromatic nitrogens is 2. The van der Waals surface area contributed by atoms with Crippen molar-refractivity contribution in [3.8, 4) is 0 Å². The number of carbonyl (C=O) groups excluding carboxylic acids is 3. The summed E-state index contributed by atoms with van der Waals surface area (Å²) in [5, 5.41) is 4.12. The first kappa shape index (κ1) is 22.6. The van der Waals surface area contributed by atoms with Crippen LogP contribution < -0.4 is 10.7 Å². The zero-order valence-corrected chi connectivity index (χ0v) is 19.2. The lowest BCUT2D eigenvalue weighted by molar-refractivity contribution is -0.138. The number of thioether (sulfide) groups is 1. The predicted molar refractivity (Wildman–Crippen MR) is 125 cm³/mol. The van der Waals surface area contributed by atoms with Gasteiger partial charge in [0.05, 0.1) is 11.4 Å². The summed E-state index contributed by atoms with van der Waals surface area (Å²) in [6.07, 6.45) is 1.05. The highest BCUT2D eigenvalue weighted by Crippen LogP contribution is 2.31.